The number of rotatable bonds is 6. The summed E-state index contributed by atoms with van der Waals surface area (Å²) in [5.41, 5.74) is 3.85. The number of aromatic amines is 1. The van der Waals surface area contributed by atoms with Gasteiger partial charge < -0.3 is 9.88 Å². The van der Waals surface area contributed by atoms with Gasteiger partial charge >= 0.3 is 0 Å². The number of likely N-dealkylation sites (tertiary alicyclic amines) is 1. The molecule has 3 N–H and O–H groups in total. The van der Waals surface area contributed by atoms with Gasteiger partial charge in [-0.15, -0.1) is 0 Å². The summed E-state index contributed by atoms with van der Waals surface area (Å²) in [5, 5.41) is 9.06. The van der Waals surface area contributed by atoms with Crippen LogP contribution in [0.3, 0.4) is 0 Å². The Hall–Kier alpha value is -2.41. The lowest BCUT2D eigenvalue weighted by Crippen LogP contribution is -2.39. The Balaban J connectivity index is 1.41. The summed E-state index contributed by atoms with van der Waals surface area (Å²) in [6, 6.07) is 7.87. The molecule has 2 aliphatic carbocycles. The zero-order valence-electron chi connectivity index (χ0n) is 17.3. The van der Waals surface area contributed by atoms with Crippen molar-refractivity contribution in [1.29, 1.82) is 0 Å². The molecule has 1 aromatic heterocycles. The van der Waals surface area contributed by atoms with E-state index >= 15 is 0 Å². The minimum atomic E-state index is -0.480. The first-order valence-corrected chi connectivity index (χ1v) is 11.2. The quantitative estimate of drug-likeness (QED) is 0.499. The van der Waals surface area contributed by atoms with Crippen molar-refractivity contribution in [2.75, 3.05) is 6.54 Å². The van der Waals surface area contributed by atoms with Gasteiger partial charge in [-0.3, -0.25) is 14.8 Å². The zero-order chi connectivity index (χ0) is 20.7. The maximum Gasteiger partial charge on any atom is 0.244 e. The second-order valence-electron chi connectivity index (χ2n) is 9.65. The van der Waals surface area contributed by atoms with Crippen molar-refractivity contribution in [1.82, 2.24) is 20.3 Å². The van der Waals surface area contributed by atoms with Crippen LogP contribution in [0.1, 0.15) is 69.7 Å². The van der Waals surface area contributed by atoms with E-state index in [-0.39, 0.29) is 29.7 Å². The van der Waals surface area contributed by atoms with Crippen molar-refractivity contribution in [2.45, 2.75) is 63.8 Å². The largest absolute Gasteiger partial charge is 0.340 e. The maximum atomic E-state index is 13.7. The minimum Gasteiger partial charge on any atom is -0.340 e. The predicted molar refractivity (Wildman–Crippen MR) is 111 cm³/mol. The highest BCUT2D eigenvalue weighted by molar-refractivity contribution is 5.86. The van der Waals surface area contributed by atoms with Gasteiger partial charge in [0.2, 0.25) is 11.8 Å². The van der Waals surface area contributed by atoms with Gasteiger partial charge in [0, 0.05) is 18.9 Å². The fraction of sp³-hybridized carbons (Fsp3) is 0.609. The van der Waals surface area contributed by atoms with E-state index in [2.05, 4.69) is 4.98 Å². The second-order valence-corrected chi connectivity index (χ2v) is 9.65. The first-order valence-electron chi connectivity index (χ1n) is 11.2. The molecule has 2 aromatic rings. The van der Waals surface area contributed by atoms with E-state index < -0.39 is 5.91 Å². The first kappa shape index (κ1) is 19.5. The molecular formula is C23H30N4O3. The molecule has 3 fully saturated rings. The van der Waals surface area contributed by atoms with Gasteiger partial charge in [0.15, 0.2) is 0 Å². The molecule has 1 aliphatic heterocycles. The van der Waals surface area contributed by atoms with E-state index in [1.165, 1.54) is 12.8 Å². The summed E-state index contributed by atoms with van der Waals surface area (Å²) < 4.78 is 0. The Kier molecular flexibility index (Phi) is 5.01. The zero-order valence-corrected chi connectivity index (χ0v) is 17.3. The van der Waals surface area contributed by atoms with Crippen molar-refractivity contribution in [3.8, 4) is 0 Å². The molecule has 2 atom stereocenters. The molecule has 0 bridgehead atoms. The van der Waals surface area contributed by atoms with Crippen molar-refractivity contribution >= 4 is 22.8 Å². The number of amides is 2. The number of imidazole rings is 1. The lowest BCUT2D eigenvalue weighted by Gasteiger charge is -2.29. The Labute approximate surface area is 176 Å². The molecule has 5 rings (SSSR count). The molecule has 1 aromatic carbocycles. The molecule has 30 heavy (non-hydrogen) atoms. The normalized spacial score (nSPS) is 23.9. The highest BCUT2D eigenvalue weighted by Gasteiger charge is 2.55. The van der Waals surface area contributed by atoms with Crippen LogP contribution in [-0.4, -0.2) is 38.4 Å². The summed E-state index contributed by atoms with van der Waals surface area (Å²) in [7, 11) is 0. The molecule has 1 unspecified atom stereocenters. The lowest BCUT2D eigenvalue weighted by molar-refractivity contribution is -0.142. The molecule has 7 nitrogen and oxygen atoms in total. The molecule has 0 radical (unpaired) electrons. The number of carbonyl (C=O) groups excluding carboxylic acids is 2. The summed E-state index contributed by atoms with van der Waals surface area (Å²) in [4.78, 5) is 35.9. The maximum absolute atomic E-state index is 13.7. The molecular weight excluding hydrogens is 380 g/mol. The van der Waals surface area contributed by atoms with Crippen LogP contribution in [0.25, 0.3) is 11.0 Å². The Morgan fingerprint density at radius 1 is 1.27 bits per heavy atom. The number of nitrogens with zero attached hydrogens (tertiary/aromatic N) is 2. The number of aromatic nitrogens is 2. The molecule has 2 saturated carbocycles. The number of H-pyrrole nitrogens is 1. The van der Waals surface area contributed by atoms with Crippen LogP contribution in [-0.2, 0) is 9.59 Å². The Bertz CT molecular complexity index is 912. The highest BCUT2D eigenvalue weighted by atomic mass is 16.5. The molecule has 1 saturated heterocycles. The Morgan fingerprint density at radius 3 is 2.73 bits per heavy atom. The van der Waals surface area contributed by atoms with Gasteiger partial charge in [0.05, 0.1) is 17.1 Å². The standard InChI is InChI=1S/C23H30N4O3/c28-20(26-30)12-16(11-15-5-1-2-6-15)22(29)27-14-23(9-10-23)13-19(27)21-24-17-7-3-4-8-18(17)25-21/h3-4,7-8,15-16,19,30H,1-2,5-6,9-14H2,(H,24,25)(H,26,28)/t16-,19?/m1/s1. The fourth-order valence-corrected chi connectivity index (χ4v) is 5.63. The molecule has 7 heteroatoms. The lowest BCUT2D eigenvalue weighted by atomic mass is 9.89. The van der Waals surface area contributed by atoms with Gasteiger partial charge in [-0.1, -0.05) is 37.8 Å². The topological polar surface area (TPSA) is 98.3 Å². The molecule has 1 spiro atoms. The molecule has 3 aliphatic rings. The third kappa shape index (κ3) is 3.71. The molecule has 2 heterocycles. The van der Waals surface area contributed by atoms with Crippen LogP contribution in [0.15, 0.2) is 24.3 Å². The van der Waals surface area contributed by atoms with E-state index in [1.54, 1.807) is 5.48 Å². The summed E-state index contributed by atoms with van der Waals surface area (Å²) in [6.45, 7) is 0.745. The summed E-state index contributed by atoms with van der Waals surface area (Å²) in [5.74, 6) is 0.514. The SMILES string of the molecule is O=C(C[C@@H](CC1CCCC1)C(=O)N1CC2(CC2)CC1c1nc2ccccc2[nH]1)NO. The van der Waals surface area contributed by atoms with E-state index in [9.17, 15) is 9.59 Å². The van der Waals surface area contributed by atoms with Gasteiger partial charge in [-0.2, -0.15) is 0 Å². The first-order chi connectivity index (χ1) is 14.6. The van der Waals surface area contributed by atoms with Crippen molar-refractivity contribution in [2.24, 2.45) is 17.3 Å². The van der Waals surface area contributed by atoms with Crippen LogP contribution in [0, 0.1) is 17.3 Å². The molecule has 160 valence electrons. The van der Waals surface area contributed by atoms with Crippen LogP contribution in [0.2, 0.25) is 0 Å². The summed E-state index contributed by atoms with van der Waals surface area (Å²) >= 11 is 0. The van der Waals surface area contributed by atoms with Crippen molar-refractivity contribution < 1.29 is 14.8 Å². The van der Waals surface area contributed by atoms with Crippen molar-refractivity contribution in [3.05, 3.63) is 30.1 Å². The van der Waals surface area contributed by atoms with E-state index in [0.29, 0.717) is 5.92 Å². The molecule has 2 amide bonds. The second kappa shape index (κ2) is 7.69. The van der Waals surface area contributed by atoms with Gasteiger partial charge in [-0.25, -0.2) is 10.5 Å². The average Bonchev–Trinajstić information content (AvgIpc) is 3.12. The van der Waals surface area contributed by atoms with Gasteiger partial charge in [0.1, 0.15) is 5.82 Å². The van der Waals surface area contributed by atoms with Gasteiger partial charge in [-0.05, 0) is 49.1 Å². The number of carbonyl (C=O) groups is 2. The van der Waals surface area contributed by atoms with Crippen LogP contribution in [0.4, 0.5) is 0 Å². The number of hydroxylamine groups is 1. The average molecular weight is 411 g/mol. The third-order valence-corrected chi connectivity index (χ3v) is 7.47. The predicted octanol–water partition coefficient (Wildman–Crippen LogP) is 3.71. The number of hydrogen-bond donors (Lipinski definition) is 3. The number of para-hydroxylation sites is 2. The van der Waals surface area contributed by atoms with Crippen LogP contribution < -0.4 is 5.48 Å². The fourth-order valence-electron chi connectivity index (χ4n) is 5.63. The number of nitrogens with one attached hydrogen (secondary N) is 2. The minimum absolute atomic E-state index is 0.0414. The van der Waals surface area contributed by atoms with Crippen molar-refractivity contribution in [3.63, 3.8) is 0 Å². The van der Waals surface area contributed by atoms with Gasteiger partial charge in [0.25, 0.3) is 0 Å². The highest BCUT2D eigenvalue weighted by Crippen LogP contribution is 2.58. The van der Waals surface area contributed by atoms with E-state index in [4.69, 9.17) is 10.2 Å². The van der Waals surface area contributed by atoms with Crippen LogP contribution in [0.5, 0.6) is 0 Å². The Morgan fingerprint density at radius 2 is 2.03 bits per heavy atom. The summed E-state index contributed by atoms with van der Waals surface area (Å²) in [6.07, 6.45) is 8.66. The number of hydrogen-bond acceptors (Lipinski definition) is 4. The number of fused-ring (bicyclic) bond motifs is 1. The van der Waals surface area contributed by atoms with E-state index in [1.807, 2.05) is 29.2 Å². The monoisotopic (exact) mass is 410 g/mol. The third-order valence-electron chi connectivity index (χ3n) is 7.47. The smallest absolute Gasteiger partial charge is 0.244 e. The number of benzene rings is 1. The van der Waals surface area contributed by atoms with E-state index in [0.717, 1.165) is 61.9 Å². The van der Waals surface area contributed by atoms with Crippen LogP contribution >= 0.6 is 0 Å².